The molecule has 5 heteroatoms. The van der Waals surface area contributed by atoms with E-state index in [0.717, 1.165) is 23.9 Å². The number of aromatic nitrogens is 2. The fourth-order valence-corrected chi connectivity index (χ4v) is 3.31. The van der Waals surface area contributed by atoms with Crippen molar-refractivity contribution in [1.29, 1.82) is 0 Å². The first-order chi connectivity index (χ1) is 9.90. The molecule has 3 rings (SSSR count). The largest absolute Gasteiger partial charge is 0.368 e. The second-order valence-electron chi connectivity index (χ2n) is 6.35. The zero-order chi connectivity index (χ0) is 15.2. The second-order valence-corrected chi connectivity index (χ2v) is 6.35. The van der Waals surface area contributed by atoms with E-state index in [1.807, 2.05) is 6.33 Å². The standard InChI is InChI=1S/C16H22N4O/c1-10-6-13-14(7-11(10)2)20(9-19-13)12-4-3-5-16(18,8-12)15(17)21/h6-7,9,12H,3-5,8,18H2,1-2H3,(H2,17,21). The van der Waals surface area contributed by atoms with Gasteiger partial charge in [0.05, 0.1) is 22.9 Å². The highest BCUT2D eigenvalue weighted by Gasteiger charge is 2.38. The van der Waals surface area contributed by atoms with Crippen molar-refractivity contribution in [3.8, 4) is 0 Å². The van der Waals surface area contributed by atoms with Gasteiger partial charge in [0.15, 0.2) is 0 Å². The molecule has 4 N–H and O–H groups in total. The lowest BCUT2D eigenvalue weighted by molar-refractivity contribution is -0.124. The third kappa shape index (κ3) is 2.31. The Kier molecular flexibility index (Phi) is 3.24. The normalized spacial score (nSPS) is 26.1. The van der Waals surface area contributed by atoms with Crippen molar-refractivity contribution in [3.63, 3.8) is 0 Å². The number of nitrogens with two attached hydrogens (primary N) is 2. The van der Waals surface area contributed by atoms with Gasteiger partial charge in [-0.3, -0.25) is 4.79 Å². The van der Waals surface area contributed by atoms with Gasteiger partial charge in [-0.1, -0.05) is 0 Å². The number of carbonyl (C=O) groups is 1. The SMILES string of the molecule is Cc1cc2ncn(C3CCCC(N)(C(N)=O)C3)c2cc1C. The van der Waals surface area contributed by atoms with Gasteiger partial charge in [-0.05, 0) is 62.8 Å². The number of imidazole rings is 1. The summed E-state index contributed by atoms with van der Waals surface area (Å²) >= 11 is 0. The molecule has 2 atom stereocenters. The number of primary amides is 1. The van der Waals surface area contributed by atoms with Gasteiger partial charge < -0.3 is 16.0 Å². The van der Waals surface area contributed by atoms with E-state index in [1.54, 1.807) is 0 Å². The van der Waals surface area contributed by atoms with E-state index in [4.69, 9.17) is 11.5 Å². The van der Waals surface area contributed by atoms with Crippen molar-refractivity contribution in [2.75, 3.05) is 0 Å². The smallest absolute Gasteiger partial charge is 0.237 e. The Balaban J connectivity index is 2.00. The third-order valence-corrected chi connectivity index (χ3v) is 4.83. The number of aryl methyl sites for hydroxylation is 2. The zero-order valence-corrected chi connectivity index (χ0v) is 12.6. The second kappa shape index (κ2) is 4.84. The maximum atomic E-state index is 11.6. The summed E-state index contributed by atoms with van der Waals surface area (Å²) in [4.78, 5) is 16.1. The number of fused-ring (bicyclic) bond motifs is 1. The number of hydrogen-bond acceptors (Lipinski definition) is 3. The summed E-state index contributed by atoms with van der Waals surface area (Å²) in [6.45, 7) is 4.19. The molecule has 1 amide bonds. The van der Waals surface area contributed by atoms with Crippen LogP contribution in [-0.4, -0.2) is 21.0 Å². The first kappa shape index (κ1) is 14.1. The molecule has 0 spiro atoms. The summed E-state index contributed by atoms with van der Waals surface area (Å²) in [6.07, 6.45) is 5.03. The zero-order valence-electron chi connectivity index (χ0n) is 12.6. The van der Waals surface area contributed by atoms with Crippen LogP contribution in [0.5, 0.6) is 0 Å². The molecule has 1 saturated carbocycles. The Labute approximate surface area is 124 Å². The van der Waals surface area contributed by atoms with Crippen LogP contribution in [0.1, 0.15) is 42.9 Å². The van der Waals surface area contributed by atoms with Gasteiger partial charge in [0.2, 0.25) is 5.91 Å². The van der Waals surface area contributed by atoms with Crippen LogP contribution in [0.3, 0.4) is 0 Å². The molecular weight excluding hydrogens is 264 g/mol. The van der Waals surface area contributed by atoms with E-state index in [1.165, 1.54) is 11.1 Å². The number of carbonyl (C=O) groups excluding carboxylic acids is 1. The fraction of sp³-hybridized carbons (Fsp3) is 0.500. The van der Waals surface area contributed by atoms with Gasteiger partial charge in [-0.2, -0.15) is 0 Å². The monoisotopic (exact) mass is 286 g/mol. The molecule has 21 heavy (non-hydrogen) atoms. The predicted octanol–water partition coefficient (Wildman–Crippen LogP) is 1.95. The van der Waals surface area contributed by atoms with Crippen molar-refractivity contribution in [3.05, 3.63) is 29.6 Å². The maximum absolute atomic E-state index is 11.6. The minimum absolute atomic E-state index is 0.184. The minimum atomic E-state index is -0.890. The molecule has 2 aromatic rings. The Morgan fingerprint density at radius 2 is 2.10 bits per heavy atom. The van der Waals surface area contributed by atoms with Gasteiger partial charge in [0.25, 0.3) is 0 Å². The molecule has 0 aliphatic heterocycles. The summed E-state index contributed by atoms with van der Waals surface area (Å²) in [6, 6.07) is 4.45. The van der Waals surface area contributed by atoms with Crippen LogP contribution >= 0.6 is 0 Å². The molecule has 1 aromatic heterocycles. The first-order valence-corrected chi connectivity index (χ1v) is 7.43. The molecule has 112 valence electrons. The number of nitrogens with zero attached hydrogens (tertiary/aromatic N) is 2. The molecule has 1 heterocycles. The van der Waals surface area contributed by atoms with Crippen molar-refractivity contribution in [1.82, 2.24) is 9.55 Å². The van der Waals surface area contributed by atoms with Crippen LogP contribution in [0.4, 0.5) is 0 Å². The highest BCUT2D eigenvalue weighted by molar-refractivity contribution is 5.84. The van der Waals surface area contributed by atoms with E-state index >= 15 is 0 Å². The molecule has 1 aliphatic carbocycles. The lowest BCUT2D eigenvalue weighted by Gasteiger charge is -2.36. The molecule has 1 aliphatic rings. The number of benzene rings is 1. The van der Waals surface area contributed by atoms with Crippen LogP contribution < -0.4 is 11.5 Å². The van der Waals surface area contributed by atoms with Crippen molar-refractivity contribution in [2.45, 2.75) is 51.1 Å². The minimum Gasteiger partial charge on any atom is -0.368 e. The van der Waals surface area contributed by atoms with Gasteiger partial charge in [-0.15, -0.1) is 0 Å². The Hall–Kier alpha value is -1.88. The van der Waals surface area contributed by atoms with Crippen LogP contribution in [0, 0.1) is 13.8 Å². The molecule has 0 radical (unpaired) electrons. The Morgan fingerprint density at radius 3 is 2.81 bits per heavy atom. The number of rotatable bonds is 2. The number of amides is 1. The van der Waals surface area contributed by atoms with E-state index in [2.05, 4.69) is 35.5 Å². The summed E-state index contributed by atoms with van der Waals surface area (Å²) in [5.41, 5.74) is 15.4. The summed E-state index contributed by atoms with van der Waals surface area (Å²) < 4.78 is 2.16. The molecule has 0 bridgehead atoms. The van der Waals surface area contributed by atoms with Gasteiger partial charge in [0.1, 0.15) is 0 Å². The first-order valence-electron chi connectivity index (χ1n) is 7.43. The highest BCUT2D eigenvalue weighted by atomic mass is 16.1. The topological polar surface area (TPSA) is 86.9 Å². The molecular formula is C16H22N4O. The van der Waals surface area contributed by atoms with Crippen LogP contribution in [0.25, 0.3) is 11.0 Å². The third-order valence-electron chi connectivity index (χ3n) is 4.83. The van der Waals surface area contributed by atoms with E-state index in [-0.39, 0.29) is 6.04 Å². The van der Waals surface area contributed by atoms with E-state index in [0.29, 0.717) is 12.8 Å². The molecule has 5 nitrogen and oxygen atoms in total. The van der Waals surface area contributed by atoms with E-state index in [9.17, 15) is 4.79 Å². The van der Waals surface area contributed by atoms with Crippen molar-refractivity contribution < 1.29 is 4.79 Å². The predicted molar refractivity (Wildman–Crippen MR) is 82.8 cm³/mol. The average Bonchev–Trinajstić information content (AvgIpc) is 2.82. The van der Waals surface area contributed by atoms with Crippen LogP contribution in [0.15, 0.2) is 18.5 Å². The quantitative estimate of drug-likeness (QED) is 0.884. The summed E-state index contributed by atoms with van der Waals surface area (Å²) in [5.74, 6) is -0.399. The van der Waals surface area contributed by atoms with Gasteiger partial charge in [0, 0.05) is 6.04 Å². The van der Waals surface area contributed by atoms with Gasteiger partial charge >= 0.3 is 0 Å². The Morgan fingerprint density at radius 1 is 1.38 bits per heavy atom. The van der Waals surface area contributed by atoms with E-state index < -0.39 is 11.4 Å². The van der Waals surface area contributed by atoms with Gasteiger partial charge in [-0.25, -0.2) is 4.98 Å². The van der Waals surface area contributed by atoms with Crippen molar-refractivity contribution >= 4 is 16.9 Å². The average molecular weight is 286 g/mol. The Bertz CT molecular complexity index is 706. The lowest BCUT2D eigenvalue weighted by Crippen LogP contribution is -2.54. The lowest BCUT2D eigenvalue weighted by atomic mass is 9.79. The number of hydrogen-bond donors (Lipinski definition) is 2. The fourth-order valence-electron chi connectivity index (χ4n) is 3.31. The molecule has 2 unspecified atom stereocenters. The molecule has 0 saturated heterocycles. The molecule has 1 fully saturated rings. The summed E-state index contributed by atoms with van der Waals surface area (Å²) in [5, 5.41) is 0. The van der Waals surface area contributed by atoms with Crippen LogP contribution in [0.2, 0.25) is 0 Å². The molecule has 1 aromatic carbocycles. The highest BCUT2D eigenvalue weighted by Crippen LogP contribution is 2.35. The van der Waals surface area contributed by atoms with Crippen LogP contribution in [-0.2, 0) is 4.79 Å². The summed E-state index contributed by atoms with van der Waals surface area (Å²) in [7, 11) is 0. The maximum Gasteiger partial charge on any atom is 0.237 e. The van der Waals surface area contributed by atoms with Crippen molar-refractivity contribution in [2.24, 2.45) is 11.5 Å².